The number of hydrogen-bond donors (Lipinski definition) is 0. The fourth-order valence-electron chi connectivity index (χ4n) is 4.00. The number of aromatic nitrogens is 4. The predicted molar refractivity (Wildman–Crippen MR) is 120 cm³/mol. The highest BCUT2D eigenvalue weighted by Gasteiger charge is 2.26. The number of benzene rings is 1. The number of hydrogen-bond acceptors (Lipinski definition) is 7. The Morgan fingerprint density at radius 1 is 1.03 bits per heavy atom. The average Bonchev–Trinajstić information content (AvgIpc) is 3.48. The summed E-state index contributed by atoms with van der Waals surface area (Å²) >= 11 is 1.29. The zero-order valence-electron chi connectivity index (χ0n) is 17.6. The summed E-state index contributed by atoms with van der Waals surface area (Å²) in [7, 11) is 0. The van der Waals surface area contributed by atoms with E-state index >= 15 is 0 Å². The summed E-state index contributed by atoms with van der Waals surface area (Å²) in [5.74, 6) is 0.409. The molecule has 0 unspecified atom stereocenters. The van der Waals surface area contributed by atoms with Gasteiger partial charge in [0.15, 0.2) is 11.4 Å². The Labute approximate surface area is 188 Å². The number of nitrogens with zero attached hydrogens (tertiary/aromatic N) is 6. The van der Waals surface area contributed by atoms with Crippen molar-refractivity contribution in [3.63, 3.8) is 0 Å². The minimum absolute atomic E-state index is 0.000158. The minimum Gasteiger partial charge on any atom is -0.459 e. The molecule has 164 valence electrons. The molecule has 0 radical (unpaired) electrons. The van der Waals surface area contributed by atoms with E-state index in [2.05, 4.69) is 32.7 Å². The lowest BCUT2D eigenvalue weighted by Crippen LogP contribution is -2.51. The van der Waals surface area contributed by atoms with E-state index in [4.69, 9.17) is 4.42 Å². The van der Waals surface area contributed by atoms with Crippen LogP contribution in [0.2, 0.25) is 0 Å². The number of thioether (sulfide) groups is 1. The van der Waals surface area contributed by atoms with Gasteiger partial charge in [-0.25, -0.2) is 4.98 Å². The zero-order chi connectivity index (χ0) is 22.1. The SMILES string of the molecule is CCn1c2ccccc2c2nnc(SCC(=O)N3CCN(C(=O)c4ccco4)CC3)nc21. The molecule has 0 spiro atoms. The maximum Gasteiger partial charge on any atom is 0.289 e. The maximum absolute atomic E-state index is 12.7. The van der Waals surface area contributed by atoms with Gasteiger partial charge in [0.2, 0.25) is 11.1 Å². The number of piperazine rings is 1. The lowest BCUT2D eigenvalue weighted by Gasteiger charge is -2.34. The van der Waals surface area contributed by atoms with Crippen molar-refractivity contribution >= 4 is 45.6 Å². The molecule has 3 aromatic heterocycles. The van der Waals surface area contributed by atoms with Crippen LogP contribution in [-0.4, -0.2) is 73.3 Å². The van der Waals surface area contributed by atoms with Gasteiger partial charge in [-0.1, -0.05) is 30.0 Å². The zero-order valence-corrected chi connectivity index (χ0v) is 18.4. The maximum atomic E-state index is 12.7. The van der Waals surface area contributed by atoms with Crippen molar-refractivity contribution < 1.29 is 14.0 Å². The Bertz CT molecular complexity index is 1280. The summed E-state index contributed by atoms with van der Waals surface area (Å²) in [6, 6.07) is 11.4. The topological polar surface area (TPSA) is 97.4 Å². The molecule has 32 heavy (non-hydrogen) atoms. The molecule has 1 aliphatic rings. The molecule has 1 saturated heterocycles. The van der Waals surface area contributed by atoms with E-state index in [-0.39, 0.29) is 17.6 Å². The van der Waals surface area contributed by atoms with Gasteiger partial charge in [0.05, 0.1) is 17.5 Å². The summed E-state index contributed by atoms with van der Waals surface area (Å²) in [5, 5.41) is 10.1. The second-order valence-electron chi connectivity index (χ2n) is 7.47. The summed E-state index contributed by atoms with van der Waals surface area (Å²) < 4.78 is 7.29. The summed E-state index contributed by atoms with van der Waals surface area (Å²) in [6.45, 7) is 4.79. The van der Waals surface area contributed by atoms with Crippen molar-refractivity contribution in [2.45, 2.75) is 18.6 Å². The van der Waals surface area contributed by atoms with Gasteiger partial charge in [-0.2, -0.15) is 0 Å². The molecule has 9 nitrogen and oxygen atoms in total. The number of para-hydroxylation sites is 1. The Morgan fingerprint density at radius 3 is 2.56 bits per heavy atom. The summed E-state index contributed by atoms with van der Waals surface area (Å²) in [5.41, 5.74) is 2.63. The predicted octanol–water partition coefficient (Wildman–Crippen LogP) is 2.67. The van der Waals surface area contributed by atoms with Crippen molar-refractivity contribution in [3.05, 3.63) is 48.4 Å². The van der Waals surface area contributed by atoms with E-state index in [9.17, 15) is 9.59 Å². The van der Waals surface area contributed by atoms with Crippen LogP contribution in [0.1, 0.15) is 17.5 Å². The van der Waals surface area contributed by atoms with E-state index in [1.807, 2.05) is 18.2 Å². The molecule has 5 rings (SSSR count). The quantitative estimate of drug-likeness (QED) is 0.431. The second-order valence-corrected chi connectivity index (χ2v) is 8.41. The fourth-order valence-corrected chi connectivity index (χ4v) is 4.69. The number of fused-ring (bicyclic) bond motifs is 3. The lowest BCUT2D eigenvalue weighted by molar-refractivity contribution is -0.129. The summed E-state index contributed by atoms with van der Waals surface area (Å²) in [6.07, 6.45) is 1.48. The van der Waals surface area contributed by atoms with Crippen molar-refractivity contribution in [3.8, 4) is 0 Å². The van der Waals surface area contributed by atoms with Gasteiger partial charge in [-0.05, 0) is 25.1 Å². The van der Waals surface area contributed by atoms with Crippen LogP contribution in [-0.2, 0) is 11.3 Å². The van der Waals surface area contributed by atoms with Crippen LogP contribution in [0.3, 0.4) is 0 Å². The number of amides is 2. The molecule has 0 atom stereocenters. The van der Waals surface area contributed by atoms with E-state index in [0.29, 0.717) is 37.1 Å². The second kappa shape index (κ2) is 8.62. The molecular formula is C22H22N6O3S. The van der Waals surface area contributed by atoms with E-state index in [1.165, 1.54) is 18.0 Å². The number of aryl methyl sites for hydroxylation is 1. The fraction of sp³-hybridized carbons (Fsp3) is 0.318. The van der Waals surface area contributed by atoms with Crippen molar-refractivity contribution in [1.29, 1.82) is 0 Å². The first-order valence-corrected chi connectivity index (χ1v) is 11.5. The van der Waals surface area contributed by atoms with Gasteiger partial charge in [0.1, 0.15) is 5.52 Å². The molecule has 0 bridgehead atoms. The monoisotopic (exact) mass is 450 g/mol. The molecule has 0 saturated carbocycles. The van der Waals surface area contributed by atoms with Gasteiger partial charge < -0.3 is 18.8 Å². The molecule has 2 amide bonds. The average molecular weight is 451 g/mol. The number of rotatable bonds is 5. The van der Waals surface area contributed by atoms with Crippen LogP contribution in [0.5, 0.6) is 0 Å². The Balaban J connectivity index is 1.23. The van der Waals surface area contributed by atoms with Crippen molar-refractivity contribution in [2.24, 2.45) is 0 Å². The van der Waals surface area contributed by atoms with E-state index in [1.54, 1.807) is 21.9 Å². The smallest absolute Gasteiger partial charge is 0.289 e. The highest BCUT2D eigenvalue weighted by atomic mass is 32.2. The van der Waals surface area contributed by atoms with E-state index in [0.717, 1.165) is 28.6 Å². The highest BCUT2D eigenvalue weighted by molar-refractivity contribution is 7.99. The molecule has 1 fully saturated rings. The highest BCUT2D eigenvalue weighted by Crippen LogP contribution is 2.27. The van der Waals surface area contributed by atoms with Crippen molar-refractivity contribution in [1.82, 2.24) is 29.5 Å². The standard InChI is InChI=1S/C22H22N6O3S/c1-2-28-16-7-4-3-6-15(16)19-20(28)23-22(25-24-19)32-14-18(29)26-9-11-27(12-10-26)21(30)17-8-5-13-31-17/h3-8,13H,2,9-12,14H2,1H3. The van der Waals surface area contributed by atoms with Gasteiger partial charge in [0, 0.05) is 38.1 Å². The normalized spacial score (nSPS) is 14.4. The molecule has 4 heterocycles. The van der Waals surface area contributed by atoms with Crippen LogP contribution in [0.4, 0.5) is 0 Å². The first-order valence-electron chi connectivity index (χ1n) is 10.5. The lowest BCUT2D eigenvalue weighted by atomic mass is 10.2. The third-order valence-corrected chi connectivity index (χ3v) is 6.47. The van der Waals surface area contributed by atoms with E-state index < -0.39 is 0 Å². The van der Waals surface area contributed by atoms with Gasteiger partial charge in [-0.15, -0.1) is 10.2 Å². The molecule has 1 aromatic carbocycles. The molecular weight excluding hydrogens is 428 g/mol. The Hall–Kier alpha value is -3.40. The molecule has 1 aliphatic heterocycles. The van der Waals surface area contributed by atoms with Crippen LogP contribution in [0.15, 0.2) is 52.2 Å². The Morgan fingerprint density at radius 2 is 1.81 bits per heavy atom. The first-order chi connectivity index (χ1) is 15.7. The number of carbonyl (C=O) groups excluding carboxylic acids is 2. The van der Waals surface area contributed by atoms with Crippen molar-refractivity contribution in [2.75, 3.05) is 31.9 Å². The number of furan rings is 1. The van der Waals surface area contributed by atoms with Crippen LogP contribution >= 0.6 is 11.8 Å². The van der Waals surface area contributed by atoms with Crippen LogP contribution in [0, 0.1) is 0 Å². The minimum atomic E-state index is -0.143. The van der Waals surface area contributed by atoms with Gasteiger partial charge in [-0.3, -0.25) is 9.59 Å². The molecule has 0 N–H and O–H groups in total. The van der Waals surface area contributed by atoms with Crippen LogP contribution in [0.25, 0.3) is 22.1 Å². The van der Waals surface area contributed by atoms with Crippen LogP contribution < -0.4 is 0 Å². The summed E-state index contributed by atoms with van der Waals surface area (Å²) in [4.78, 5) is 33.2. The molecule has 0 aliphatic carbocycles. The number of carbonyl (C=O) groups is 2. The molecule has 4 aromatic rings. The molecule has 10 heteroatoms. The third kappa shape index (κ3) is 3.70. The van der Waals surface area contributed by atoms with Gasteiger partial charge >= 0.3 is 0 Å². The Kier molecular flexibility index (Phi) is 5.52. The third-order valence-electron chi connectivity index (χ3n) is 5.65. The first kappa shape index (κ1) is 20.5. The van der Waals surface area contributed by atoms with Gasteiger partial charge in [0.25, 0.3) is 5.91 Å². The largest absolute Gasteiger partial charge is 0.459 e.